The topological polar surface area (TPSA) is 44.5 Å². The van der Waals surface area contributed by atoms with Gasteiger partial charge in [-0.3, -0.25) is 0 Å². The van der Waals surface area contributed by atoms with Crippen LogP contribution in [-0.2, 0) is 6.54 Å². The Bertz CT molecular complexity index is 572. The van der Waals surface area contributed by atoms with E-state index in [1.807, 2.05) is 24.3 Å². The first-order chi connectivity index (χ1) is 9.70. The third-order valence-electron chi connectivity index (χ3n) is 2.95. The first kappa shape index (κ1) is 14.3. The molecular formula is C16H18FNO2. The molecule has 0 aliphatic rings. The summed E-state index contributed by atoms with van der Waals surface area (Å²) in [6.07, 6.45) is 0. The highest BCUT2D eigenvalue weighted by Gasteiger charge is 2.02. The predicted molar refractivity (Wildman–Crippen MR) is 76.5 cm³/mol. The molecule has 0 aliphatic carbocycles. The van der Waals surface area contributed by atoms with Crippen LogP contribution in [0.15, 0.2) is 42.5 Å². The van der Waals surface area contributed by atoms with Gasteiger partial charge in [0, 0.05) is 18.2 Å². The van der Waals surface area contributed by atoms with Crippen LogP contribution in [0.3, 0.4) is 0 Å². The van der Waals surface area contributed by atoms with E-state index in [0.717, 1.165) is 11.3 Å². The number of para-hydroxylation sites is 1. The van der Waals surface area contributed by atoms with Gasteiger partial charge in [0.1, 0.15) is 30.5 Å². The molecule has 3 nitrogen and oxygen atoms in total. The number of benzene rings is 2. The van der Waals surface area contributed by atoms with Crippen LogP contribution in [0, 0.1) is 12.7 Å². The van der Waals surface area contributed by atoms with E-state index in [-0.39, 0.29) is 5.82 Å². The van der Waals surface area contributed by atoms with Gasteiger partial charge >= 0.3 is 0 Å². The molecule has 0 aliphatic heterocycles. The lowest BCUT2D eigenvalue weighted by atomic mass is 10.2. The molecule has 0 saturated heterocycles. The monoisotopic (exact) mass is 275 g/mol. The van der Waals surface area contributed by atoms with Gasteiger partial charge in [-0.1, -0.05) is 24.3 Å². The molecule has 0 aromatic heterocycles. The van der Waals surface area contributed by atoms with Crippen LogP contribution >= 0.6 is 0 Å². The van der Waals surface area contributed by atoms with E-state index in [2.05, 4.69) is 0 Å². The van der Waals surface area contributed by atoms with Crippen molar-refractivity contribution in [3.8, 4) is 11.5 Å². The van der Waals surface area contributed by atoms with E-state index in [1.165, 1.54) is 6.07 Å². The van der Waals surface area contributed by atoms with Crippen molar-refractivity contribution in [2.75, 3.05) is 13.2 Å². The molecule has 0 saturated carbocycles. The minimum absolute atomic E-state index is 0.267. The van der Waals surface area contributed by atoms with Gasteiger partial charge in [0.25, 0.3) is 0 Å². The number of aryl methyl sites for hydroxylation is 1. The van der Waals surface area contributed by atoms with Crippen molar-refractivity contribution in [2.45, 2.75) is 13.5 Å². The van der Waals surface area contributed by atoms with Crippen LogP contribution in [-0.4, -0.2) is 13.2 Å². The zero-order chi connectivity index (χ0) is 14.4. The number of rotatable bonds is 6. The maximum Gasteiger partial charge on any atom is 0.129 e. The van der Waals surface area contributed by atoms with E-state index in [4.69, 9.17) is 15.2 Å². The smallest absolute Gasteiger partial charge is 0.129 e. The summed E-state index contributed by atoms with van der Waals surface area (Å²) in [5, 5.41) is 0. The van der Waals surface area contributed by atoms with Crippen molar-refractivity contribution in [1.29, 1.82) is 0 Å². The van der Waals surface area contributed by atoms with Crippen molar-refractivity contribution in [1.82, 2.24) is 0 Å². The average Bonchev–Trinajstić information content (AvgIpc) is 2.47. The minimum Gasteiger partial charge on any atom is -0.490 e. The second-order valence-electron chi connectivity index (χ2n) is 4.42. The second-order valence-corrected chi connectivity index (χ2v) is 4.42. The minimum atomic E-state index is -0.267. The standard InChI is InChI=1S/C16H18FNO2/c1-12-6-7-14(10-15(12)17)19-8-9-20-16-5-3-2-4-13(16)11-18/h2-7,10H,8-9,11,18H2,1H3. The van der Waals surface area contributed by atoms with Crippen LogP contribution in [0.25, 0.3) is 0 Å². The van der Waals surface area contributed by atoms with Gasteiger partial charge in [-0.25, -0.2) is 4.39 Å². The molecule has 0 fully saturated rings. The summed E-state index contributed by atoms with van der Waals surface area (Å²) in [5.74, 6) is 0.995. The fourth-order valence-corrected chi connectivity index (χ4v) is 1.79. The fourth-order valence-electron chi connectivity index (χ4n) is 1.79. The van der Waals surface area contributed by atoms with Gasteiger partial charge in [-0.2, -0.15) is 0 Å². The van der Waals surface area contributed by atoms with E-state index >= 15 is 0 Å². The molecule has 106 valence electrons. The first-order valence-corrected chi connectivity index (χ1v) is 6.50. The summed E-state index contributed by atoms with van der Waals surface area (Å²) in [6, 6.07) is 12.4. The Morgan fingerprint density at radius 2 is 1.80 bits per heavy atom. The highest BCUT2D eigenvalue weighted by atomic mass is 19.1. The SMILES string of the molecule is Cc1ccc(OCCOc2ccccc2CN)cc1F. The molecule has 0 heterocycles. The molecule has 2 aromatic carbocycles. The molecular weight excluding hydrogens is 257 g/mol. The van der Waals surface area contributed by atoms with E-state index in [9.17, 15) is 4.39 Å². The summed E-state index contributed by atoms with van der Waals surface area (Å²) in [6.45, 7) is 2.88. The lowest BCUT2D eigenvalue weighted by Gasteiger charge is -2.11. The maximum absolute atomic E-state index is 13.3. The van der Waals surface area contributed by atoms with Gasteiger partial charge in [0.2, 0.25) is 0 Å². The zero-order valence-electron chi connectivity index (χ0n) is 11.4. The van der Waals surface area contributed by atoms with Crippen LogP contribution in [0.5, 0.6) is 11.5 Å². The van der Waals surface area contributed by atoms with Gasteiger partial charge in [-0.05, 0) is 24.6 Å². The molecule has 2 rings (SSSR count). The third kappa shape index (κ3) is 3.71. The third-order valence-corrected chi connectivity index (χ3v) is 2.95. The lowest BCUT2D eigenvalue weighted by Crippen LogP contribution is -2.11. The molecule has 2 aromatic rings. The summed E-state index contributed by atoms with van der Waals surface area (Å²) < 4.78 is 24.4. The van der Waals surface area contributed by atoms with Crippen molar-refractivity contribution in [3.05, 3.63) is 59.4 Å². The molecule has 0 atom stereocenters. The molecule has 0 amide bonds. The summed E-state index contributed by atoms with van der Waals surface area (Å²) in [4.78, 5) is 0. The van der Waals surface area contributed by atoms with Crippen molar-refractivity contribution >= 4 is 0 Å². The van der Waals surface area contributed by atoms with Crippen molar-refractivity contribution in [2.24, 2.45) is 5.73 Å². The number of nitrogens with two attached hydrogens (primary N) is 1. The molecule has 0 radical (unpaired) electrons. The molecule has 4 heteroatoms. The number of halogens is 1. The summed E-state index contributed by atoms with van der Waals surface area (Å²) in [7, 11) is 0. The van der Waals surface area contributed by atoms with Gasteiger partial charge in [-0.15, -0.1) is 0 Å². The summed E-state index contributed by atoms with van der Waals surface area (Å²) >= 11 is 0. The molecule has 2 N–H and O–H groups in total. The Kier molecular flexibility index (Phi) is 4.96. The number of hydrogen-bond acceptors (Lipinski definition) is 3. The maximum atomic E-state index is 13.3. The Morgan fingerprint density at radius 3 is 2.55 bits per heavy atom. The number of hydrogen-bond donors (Lipinski definition) is 1. The Morgan fingerprint density at radius 1 is 1.05 bits per heavy atom. The first-order valence-electron chi connectivity index (χ1n) is 6.50. The average molecular weight is 275 g/mol. The molecule has 0 unspecified atom stereocenters. The van der Waals surface area contributed by atoms with E-state index in [1.54, 1.807) is 19.1 Å². The number of ether oxygens (including phenoxy) is 2. The summed E-state index contributed by atoms with van der Waals surface area (Å²) in [5.41, 5.74) is 7.18. The van der Waals surface area contributed by atoms with Crippen molar-refractivity contribution in [3.63, 3.8) is 0 Å². The normalized spacial score (nSPS) is 10.3. The molecule has 0 spiro atoms. The van der Waals surface area contributed by atoms with Gasteiger partial charge < -0.3 is 15.2 Å². The second kappa shape index (κ2) is 6.91. The predicted octanol–water partition coefficient (Wildman–Crippen LogP) is 3.05. The van der Waals surface area contributed by atoms with Crippen LogP contribution < -0.4 is 15.2 Å². The van der Waals surface area contributed by atoms with E-state index in [0.29, 0.717) is 31.1 Å². The van der Waals surface area contributed by atoms with Gasteiger partial charge in [0.05, 0.1) is 0 Å². The van der Waals surface area contributed by atoms with E-state index < -0.39 is 0 Å². The fraction of sp³-hybridized carbons (Fsp3) is 0.250. The highest BCUT2D eigenvalue weighted by Crippen LogP contribution is 2.18. The lowest BCUT2D eigenvalue weighted by molar-refractivity contribution is 0.215. The van der Waals surface area contributed by atoms with Gasteiger partial charge in [0.15, 0.2) is 0 Å². The van der Waals surface area contributed by atoms with Crippen LogP contribution in [0.1, 0.15) is 11.1 Å². The van der Waals surface area contributed by atoms with Crippen LogP contribution in [0.2, 0.25) is 0 Å². The highest BCUT2D eigenvalue weighted by molar-refractivity contribution is 5.33. The Balaban J connectivity index is 1.83. The Labute approximate surface area is 118 Å². The van der Waals surface area contributed by atoms with Crippen molar-refractivity contribution < 1.29 is 13.9 Å². The van der Waals surface area contributed by atoms with Crippen LogP contribution in [0.4, 0.5) is 4.39 Å². The zero-order valence-corrected chi connectivity index (χ0v) is 11.4. The molecule has 20 heavy (non-hydrogen) atoms. The quantitative estimate of drug-likeness (QED) is 0.824. The largest absolute Gasteiger partial charge is 0.490 e. The Hall–Kier alpha value is -2.07. The molecule has 0 bridgehead atoms.